The van der Waals surface area contributed by atoms with E-state index in [0.29, 0.717) is 19.4 Å². The molecule has 0 aromatic heterocycles. The van der Waals surface area contributed by atoms with Crippen LogP contribution in [-0.2, 0) is 20.9 Å². The van der Waals surface area contributed by atoms with E-state index in [0.717, 1.165) is 18.4 Å². The molecule has 0 spiro atoms. The number of carbonyl (C=O) groups is 1. The summed E-state index contributed by atoms with van der Waals surface area (Å²) >= 11 is 0. The molecule has 1 saturated carbocycles. The van der Waals surface area contributed by atoms with E-state index in [4.69, 9.17) is 14.9 Å². The fourth-order valence-electron chi connectivity index (χ4n) is 2.57. The summed E-state index contributed by atoms with van der Waals surface area (Å²) in [7, 11) is 1.37. The summed E-state index contributed by atoms with van der Waals surface area (Å²) in [6.45, 7) is 0.318. The van der Waals surface area contributed by atoms with Crippen LogP contribution >= 0.6 is 0 Å². The lowest BCUT2D eigenvalue weighted by molar-refractivity contribution is -0.149. The molecule has 1 aliphatic carbocycles. The highest BCUT2D eigenvalue weighted by molar-refractivity contribution is 6.01. The normalized spacial score (nSPS) is 16.9. The fourth-order valence-corrected chi connectivity index (χ4v) is 2.57. The van der Waals surface area contributed by atoms with Crippen molar-refractivity contribution < 1.29 is 14.3 Å². The first-order chi connectivity index (χ1) is 9.19. The smallest absolute Gasteiger partial charge is 0.321 e. The van der Waals surface area contributed by atoms with E-state index in [-0.39, 0.29) is 11.9 Å². The molecule has 1 aromatic carbocycles. The van der Waals surface area contributed by atoms with Gasteiger partial charge in [-0.05, 0) is 18.4 Å². The van der Waals surface area contributed by atoms with E-state index in [9.17, 15) is 4.79 Å². The molecule has 1 aliphatic rings. The predicted octanol–water partition coefficient (Wildman–Crippen LogP) is 2.91. The Morgan fingerprint density at radius 1 is 1.26 bits per heavy atom. The molecule has 0 heterocycles. The van der Waals surface area contributed by atoms with E-state index in [1.165, 1.54) is 7.11 Å². The number of nitrogens with one attached hydrogen (secondary N) is 1. The van der Waals surface area contributed by atoms with Crippen LogP contribution in [0.4, 0.5) is 0 Å². The van der Waals surface area contributed by atoms with Gasteiger partial charge in [0.1, 0.15) is 12.0 Å². The average Bonchev–Trinajstić information content (AvgIpc) is 2.96. The van der Waals surface area contributed by atoms with Crippen LogP contribution in [0.5, 0.6) is 0 Å². The summed E-state index contributed by atoms with van der Waals surface area (Å²) in [6.07, 6.45) is 3.17. The number of methoxy groups -OCH3 is 1. The number of ether oxygens (including phenoxy) is 2. The maximum Gasteiger partial charge on any atom is 0.321 e. The molecule has 0 amide bonds. The lowest BCUT2D eigenvalue weighted by Gasteiger charge is -2.26. The summed E-state index contributed by atoms with van der Waals surface area (Å²) in [5, 5.41) is 8.09. The van der Waals surface area contributed by atoms with Crippen molar-refractivity contribution in [1.82, 2.24) is 0 Å². The second-order valence-corrected chi connectivity index (χ2v) is 4.88. The summed E-state index contributed by atoms with van der Waals surface area (Å²) < 4.78 is 10.4. The second kappa shape index (κ2) is 5.87. The zero-order chi connectivity index (χ0) is 13.7. The van der Waals surface area contributed by atoms with Crippen molar-refractivity contribution >= 4 is 11.9 Å². The second-order valence-electron chi connectivity index (χ2n) is 4.88. The van der Waals surface area contributed by atoms with Crippen LogP contribution in [0.1, 0.15) is 31.2 Å². The third-order valence-corrected chi connectivity index (χ3v) is 3.69. The first kappa shape index (κ1) is 13.6. The first-order valence-corrected chi connectivity index (χ1v) is 6.53. The Morgan fingerprint density at radius 2 is 1.89 bits per heavy atom. The van der Waals surface area contributed by atoms with Crippen molar-refractivity contribution in [2.45, 2.75) is 32.3 Å². The molecule has 2 rings (SSSR count). The number of hydrogen-bond acceptors (Lipinski definition) is 4. The molecule has 0 saturated heterocycles. The molecule has 0 radical (unpaired) electrons. The maximum atomic E-state index is 11.9. The summed E-state index contributed by atoms with van der Waals surface area (Å²) in [5.74, 6) is -0.302. The fraction of sp³-hybridized carbons (Fsp3) is 0.467. The molecule has 4 heteroatoms. The minimum atomic E-state index is -0.858. The van der Waals surface area contributed by atoms with Gasteiger partial charge in [-0.2, -0.15) is 0 Å². The molecule has 0 bridgehead atoms. The number of benzene rings is 1. The van der Waals surface area contributed by atoms with E-state index in [1.807, 2.05) is 30.3 Å². The van der Waals surface area contributed by atoms with Crippen LogP contribution in [0.3, 0.4) is 0 Å². The third-order valence-electron chi connectivity index (χ3n) is 3.69. The Kier molecular flexibility index (Phi) is 4.20. The third kappa shape index (κ3) is 2.78. The first-order valence-electron chi connectivity index (χ1n) is 6.53. The van der Waals surface area contributed by atoms with Gasteiger partial charge in [-0.25, -0.2) is 0 Å². The molecule has 0 aliphatic heterocycles. The van der Waals surface area contributed by atoms with Crippen LogP contribution in [0.2, 0.25) is 0 Å². The molecule has 0 unspecified atom stereocenters. The highest BCUT2D eigenvalue weighted by Crippen LogP contribution is 2.40. The molecule has 4 nitrogen and oxygen atoms in total. The van der Waals surface area contributed by atoms with Crippen molar-refractivity contribution in [3.05, 3.63) is 35.9 Å². The molecule has 1 N–H and O–H groups in total. The monoisotopic (exact) mass is 261 g/mol. The molecule has 1 fully saturated rings. The maximum absolute atomic E-state index is 11.9. The largest absolute Gasteiger partial charge is 0.475 e. The van der Waals surface area contributed by atoms with Crippen molar-refractivity contribution in [1.29, 1.82) is 5.41 Å². The van der Waals surface area contributed by atoms with Gasteiger partial charge in [-0.3, -0.25) is 10.2 Å². The highest BCUT2D eigenvalue weighted by Gasteiger charge is 2.47. The number of carbonyl (C=O) groups excluding carboxylic acids is 1. The number of hydrogen-bond donors (Lipinski definition) is 1. The number of esters is 1. The predicted molar refractivity (Wildman–Crippen MR) is 71.9 cm³/mol. The molecule has 0 atom stereocenters. The lowest BCUT2D eigenvalue weighted by Crippen LogP contribution is -2.38. The number of rotatable bonds is 4. The van der Waals surface area contributed by atoms with Crippen molar-refractivity contribution in [3.63, 3.8) is 0 Å². The van der Waals surface area contributed by atoms with Crippen molar-refractivity contribution in [2.24, 2.45) is 5.41 Å². The minimum absolute atomic E-state index is 0.0423. The van der Waals surface area contributed by atoms with E-state index in [1.54, 1.807) is 0 Å². The van der Waals surface area contributed by atoms with Crippen LogP contribution in [0, 0.1) is 10.8 Å². The Balaban J connectivity index is 2.03. The van der Waals surface area contributed by atoms with E-state index in [2.05, 4.69) is 0 Å². The van der Waals surface area contributed by atoms with Crippen molar-refractivity contribution in [3.8, 4) is 0 Å². The van der Waals surface area contributed by atoms with Crippen molar-refractivity contribution in [2.75, 3.05) is 7.11 Å². The zero-order valence-electron chi connectivity index (χ0n) is 11.1. The zero-order valence-corrected chi connectivity index (χ0v) is 11.1. The molecule has 1 aromatic rings. The van der Waals surface area contributed by atoms with Gasteiger partial charge < -0.3 is 9.47 Å². The molecular weight excluding hydrogens is 242 g/mol. The Labute approximate surface area is 113 Å². The van der Waals surface area contributed by atoms with Gasteiger partial charge in [-0.15, -0.1) is 0 Å². The Bertz CT molecular complexity index is 450. The topological polar surface area (TPSA) is 59.4 Å². The Morgan fingerprint density at radius 3 is 2.47 bits per heavy atom. The summed E-state index contributed by atoms with van der Waals surface area (Å²) in [6, 6.07) is 9.66. The van der Waals surface area contributed by atoms with Gasteiger partial charge >= 0.3 is 5.97 Å². The lowest BCUT2D eigenvalue weighted by atomic mass is 9.86. The summed E-state index contributed by atoms with van der Waals surface area (Å²) in [4.78, 5) is 11.9. The van der Waals surface area contributed by atoms with Crippen LogP contribution in [0.15, 0.2) is 30.3 Å². The van der Waals surface area contributed by atoms with Crippen LogP contribution in [0.25, 0.3) is 0 Å². The van der Waals surface area contributed by atoms with Gasteiger partial charge in [0.15, 0.2) is 5.90 Å². The van der Waals surface area contributed by atoms with E-state index < -0.39 is 5.41 Å². The van der Waals surface area contributed by atoms with Gasteiger partial charge in [0.2, 0.25) is 0 Å². The average molecular weight is 261 g/mol. The summed E-state index contributed by atoms with van der Waals surface area (Å²) in [5.41, 5.74) is 0.133. The quantitative estimate of drug-likeness (QED) is 0.515. The highest BCUT2D eigenvalue weighted by atomic mass is 16.5. The van der Waals surface area contributed by atoms with Gasteiger partial charge in [0.25, 0.3) is 0 Å². The van der Waals surface area contributed by atoms with Gasteiger partial charge in [0.05, 0.1) is 7.11 Å². The molecular formula is C15H19NO3. The Hall–Kier alpha value is -1.84. The van der Waals surface area contributed by atoms with Gasteiger partial charge in [0, 0.05) is 0 Å². The van der Waals surface area contributed by atoms with Gasteiger partial charge in [-0.1, -0.05) is 43.2 Å². The van der Waals surface area contributed by atoms with E-state index >= 15 is 0 Å². The molecule has 19 heavy (non-hydrogen) atoms. The minimum Gasteiger partial charge on any atom is -0.475 e. The SMILES string of the molecule is COC(=O)C1(C(=N)OCc2ccccc2)CCCC1. The van der Waals surface area contributed by atoms with Crippen LogP contribution in [-0.4, -0.2) is 19.0 Å². The molecule has 102 valence electrons. The standard InChI is InChI=1S/C15H19NO3/c1-18-14(17)15(9-5-6-10-15)13(16)19-11-12-7-3-2-4-8-12/h2-4,7-8,16H,5-6,9-11H2,1H3. The van der Waals surface area contributed by atoms with Crippen LogP contribution < -0.4 is 0 Å².